The number of carbonyl (C=O) groups is 1. The summed E-state index contributed by atoms with van der Waals surface area (Å²) in [5.74, 6) is 0.639. The Labute approximate surface area is 173 Å². The lowest BCUT2D eigenvalue weighted by atomic mass is 9.84. The summed E-state index contributed by atoms with van der Waals surface area (Å²) in [7, 11) is 0. The molecule has 1 fully saturated rings. The van der Waals surface area contributed by atoms with E-state index < -0.39 is 5.97 Å². The van der Waals surface area contributed by atoms with Crippen molar-refractivity contribution in [3.63, 3.8) is 0 Å². The molecule has 0 saturated heterocycles. The first kappa shape index (κ1) is 19.2. The smallest absolute Gasteiger partial charge is 0.307 e. The van der Waals surface area contributed by atoms with E-state index in [1.165, 1.54) is 43.1 Å². The summed E-state index contributed by atoms with van der Waals surface area (Å²) in [6.45, 7) is 0. The Kier molecular flexibility index (Phi) is 5.51. The summed E-state index contributed by atoms with van der Waals surface area (Å²) in [5.41, 5.74) is 2.96. The van der Waals surface area contributed by atoms with Crippen molar-refractivity contribution in [1.82, 2.24) is 4.98 Å². The molecule has 146 valence electrons. The largest absolute Gasteiger partial charge is 0.481 e. The molecule has 0 radical (unpaired) electrons. The third-order valence-corrected chi connectivity index (χ3v) is 5.93. The minimum absolute atomic E-state index is 0.139. The van der Waals surface area contributed by atoms with Gasteiger partial charge >= 0.3 is 5.97 Å². The van der Waals surface area contributed by atoms with Gasteiger partial charge in [-0.1, -0.05) is 42.5 Å². The fraction of sp³-hybridized carbons (Fsp3) is 0.318. The van der Waals surface area contributed by atoms with Crippen molar-refractivity contribution in [2.24, 2.45) is 0 Å². The maximum atomic E-state index is 10.9. The number of H-pyrrole nitrogens is 1. The van der Waals surface area contributed by atoms with E-state index >= 15 is 0 Å². The van der Waals surface area contributed by atoms with E-state index in [4.69, 9.17) is 33.0 Å². The van der Waals surface area contributed by atoms with E-state index in [0.29, 0.717) is 33.0 Å². The highest BCUT2D eigenvalue weighted by Gasteiger charge is 2.19. The van der Waals surface area contributed by atoms with Crippen LogP contribution in [-0.4, -0.2) is 16.1 Å². The molecule has 4 nitrogen and oxygen atoms in total. The molecule has 2 aromatic carbocycles. The Morgan fingerprint density at radius 3 is 2.50 bits per heavy atom. The fourth-order valence-electron chi connectivity index (χ4n) is 4.04. The standard InChI is InChI=1S/C22H21Cl2NO3/c23-18-8-13(10-21(26)27)9-19(24)22(18)28-15-6-7-20-16(11-15)17(12-25-20)14-4-2-1-3-5-14/h6-9,11-12,14,25H,1-5,10H2,(H,26,27). The van der Waals surface area contributed by atoms with Crippen LogP contribution in [0.1, 0.15) is 49.1 Å². The normalized spacial score (nSPS) is 15.1. The Morgan fingerprint density at radius 1 is 1.11 bits per heavy atom. The number of rotatable bonds is 5. The van der Waals surface area contributed by atoms with Gasteiger partial charge in [0.15, 0.2) is 5.75 Å². The first-order valence-electron chi connectivity index (χ1n) is 9.50. The molecule has 1 aliphatic rings. The van der Waals surface area contributed by atoms with Crippen LogP contribution in [0.25, 0.3) is 10.9 Å². The number of hydrogen-bond donors (Lipinski definition) is 2. The second-order valence-electron chi connectivity index (χ2n) is 7.35. The summed E-state index contributed by atoms with van der Waals surface area (Å²) in [5, 5.41) is 10.7. The third kappa shape index (κ3) is 3.98. The first-order valence-corrected chi connectivity index (χ1v) is 10.3. The van der Waals surface area contributed by atoms with Crippen LogP contribution in [-0.2, 0) is 11.2 Å². The predicted molar refractivity (Wildman–Crippen MR) is 112 cm³/mol. The Bertz CT molecular complexity index is 999. The lowest BCUT2D eigenvalue weighted by molar-refractivity contribution is -0.136. The van der Waals surface area contributed by atoms with E-state index in [0.717, 1.165) is 5.52 Å². The molecular formula is C22H21Cl2NO3. The van der Waals surface area contributed by atoms with Gasteiger partial charge in [0.25, 0.3) is 0 Å². The Hall–Kier alpha value is -2.17. The third-order valence-electron chi connectivity index (χ3n) is 5.36. The van der Waals surface area contributed by atoms with Gasteiger partial charge in [0.05, 0.1) is 16.5 Å². The molecule has 1 heterocycles. The first-order chi connectivity index (χ1) is 13.5. The minimum Gasteiger partial charge on any atom is -0.481 e. The number of hydrogen-bond acceptors (Lipinski definition) is 2. The van der Waals surface area contributed by atoms with Gasteiger partial charge in [0.1, 0.15) is 5.75 Å². The number of aliphatic carboxylic acids is 1. The summed E-state index contributed by atoms with van der Waals surface area (Å²) in [6.07, 6.45) is 8.30. The lowest BCUT2D eigenvalue weighted by Crippen LogP contribution is -2.03. The van der Waals surface area contributed by atoms with E-state index in [-0.39, 0.29) is 6.42 Å². The molecule has 1 aliphatic carbocycles. The molecule has 0 atom stereocenters. The fourth-order valence-corrected chi connectivity index (χ4v) is 4.65. The highest BCUT2D eigenvalue weighted by Crippen LogP contribution is 2.40. The van der Waals surface area contributed by atoms with Gasteiger partial charge in [-0.3, -0.25) is 4.79 Å². The molecule has 0 unspecified atom stereocenters. The SMILES string of the molecule is O=C(O)Cc1cc(Cl)c(Oc2ccc3[nH]cc(C4CCCCC4)c3c2)c(Cl)c1. The number of aromatic amines is 1. The van der Waals surface area contributed by atoms with E-state index in [1.54, 1.807) is 12.1 Å². The van der Waals surface area contributed by atoms with Crippen molar-refractivity contribution in [2.45, 2.75) is 44.4 Å². The predicted octanol–water partition coefficient (Wildman–Crippen LogP) is 6.94. The lowest BCUT2D eigenvalue weighted by Gasteiger charge is -2.21. The molecule has 4 rings (SSSR count). The molecule has 0 aliphatic heterocycles. The number of fused-ring (bicyclic) bond motifs is 1. The van der Waals surface area contributed by atoms with Gasteiger partial charge in [-0.25, -0.2) is 0 Å². The quantitative estimate of drug-likeness (QED) is 0.472. The van der Waals surface area contributed by atoms with Crippen LogP contribution in [0.5, 0.6) is 11.5 Å². The van der Waals surface area contributed by atoms with Gasteiger partial charge in [-0.05, 0) is 60.2 Å². The van der Waals surface area contributed by atoms with E-state index in [2.05, 4.69) is 11.2 Å². The summed E-state index contributed by atoms with van der Waals surface area (Å²) < 4.78 is 5.99. The number of carboxylic acid groups (broad SMARTS) is 1. The molecule has 28 heavy (non-hydrogen) atoms. The highest BCUT2D eigenvalue weighted by atomic mass is 35.5. The van der Waals surface area contributed by atoms with Crippen LogP contribution in [0.3, 0.4) is 0 Å². The van der Waals surface area contributed by atoms with Crippen LogP contribution in [0.4, 0.5) is 0 Å². The number of nitrogens with one attached hydrogen (secondary N) is 1. The Balaban J connectivity index is 1.64. The number of halogens is 2. The minimum atomic E-state index is -0.936. The van der Waals surface area contributed by atoms with Crippen LogP contribution in [0, 0.1) is 0 Å². The molecule has 1 saturated carbocycles. The maximum Gasteiger partial charge on any atom is 0.307 e. The van der Waals surface area contributed by atoms with Crippen molar-refractivity contribution in [3.8, 4) is 11.5 Å². The average Bonchev–Trinajstić information content (AvgIpc) is 3.08. The summed E-state index contributed by atoms with van der Waals surface area (Å²) in [6, 6.07) is 9.06. The number of benzene rings is 2. The highest BCUT2D eigenvalue weighted by molar-refractivity contribution is 6.37. The van der Waals surface area contributed by atoms with Crippen molar-refractivity contribution in [3.05, 3.63) is 57.7 Å². The van der Waals surface area contributed by atoms with Crippen molar-refractivity contribution >= 4 is 40.1 Å². The maximum absolute atomic E-state index is 10.9. The summed E-state index contributed by atoms with van der Waals surface area (Å²) >= 11 is 12.6. The second-order valence-corrected chi connectivity index (χ2v) is 8.16. The average molecular weight is 418 g/mol. The number of carboxylic acids is 1. The van der Waals surface area contributed by atoms with Gasteiger partial charge < -0.3 is 14.8 Å². The molecule has 2 N–H and O–H groups in total. The molecule has 3 aromatic rings. The second kappa shape index (κ2) is 8.06. The monoisotopic (exact) mass is 417 g/mol. The van der Waals surface area contributed by atoms with E-state index in [1.807, 2.05) is 18.2 Å². The number of aromatic nitrogens is 1. The van der Waals surface area contributed by atoms with Gasteiger partial charge in [-0.2, -0.15) is 0 Å². The van der Waals surface area contributed by atoms with Crippen LogP contribution in [0.15, 0.2) is 36.5 Å². The zero-order valence-corrected chi connectivity index (χ0v) is 16.8. The topological polar surface area (TPSA) is 62.3 Å². The summed E-state index contributed by atoms with van der Waals surface area (Å²) in [4.78, 5) is 14.3. The van der Waals surface area contributed by atoms with Crippen molar-refractivity contribution < 1.29 is 14.6 Å². The van der Waals surface area contributed by atoms with Gasteiger partial charge in [-0.15, -0.1) is 0 Å². The van der Waals surface area contributed by atoms with Crippen LogP contribution >= 0.6 is 23.2 Å². The van der Waals surface area contributed by atoms with Gasteiger partial charge in [0, 0.05) is 17.1 Å². The van der Waals surface area contributed by atoms with Crippen LogP contribution < -0.4 is 4.74 Å². The van der Waals surface area contributed by atoms with Crippen molar-refractivity contribution in [1.29, 1.82) is 0 Å². The number of ether oxygens (including phenoxy) is 1. The molecular weight excluding hydrogens is 397 g/mol. The molecule has 0 bridgehead atoms. The Morgan fingerprint density at radius 2 is 1.82 bits per heavy atom. The molecule has 0 spiro atoms. The molecule has 6 heteroatoms. The molecule has 0 amide bonds. The molecule has 1 aromatic heterocycles. The van der Waals surface area contributed by atoms with Crippen LogP contribution in [0.2, 0.25) is 10.0 Å². The van der Waals surface area contributed by atoms with Crippen molar-refractivity contribution in [2.75, 3.05) is 0 Å². The zero-order valence-electron chi connectivity index (χ0n) is 15.3. The van der Waals surface area contributed by atoms with Gasteiger partial charge in [0.2, 0.25) is 0 Å². The van der Waals surface area contributed by atoms with E-state index in [9.17, 15) is 4.79 Å². The zero-order chi connectivity index (χ0) is 19.7.